The van der Waals surface area contributed by atoms with Crippen molar-refractivity contribution in [3.05, 3.63) is 17.0 Å². The molecular formula is C13H20ClN3O. The molecule has 0 aromatic carbocycles. The van der Waals surface area contributed by atoms with Gasteiger partial charge >= 0.3 is 0 Å². The Hall–Kier alpha value is -0.870. The Morgan fingerprint density at radius 1 is 1.33 bits per heavy atom. The Kier molecular flexibility index (Phi) is 4.78. The monoisotopic (exact) mass is 269 g/mol. The molecule has 2 atom stereocenters. The zero-order valence-electron chi connectivity index (χ0n) is 10.7. The highest BCUT2D eigenvalue weighted by atomic mass is 35.5. The molecule has 1 aromatic rings. The number of aromatic nitrogens is 2. The minimum absolute atomic E-state index is 0.0724. The fourth-order valence-corrected chi connectivity index (χ4v) is 2.54. The van der Waals surface area contributed by atoms with Crippen LogP contribution in [0.15, 0.2) is 6.07 Å². The lowest BCUT2D eigenvalue weighted by atomic mass is 10.1. The summed E-state index contributed by atoms with van der Waals surface area (Å²) in [5.74, 6) is 1.45. The summed E-state index contributed by atoms with van der Waals surface area (Å²) in [5, 5.41) is 13.8. The standard InChI is InChI=1S/C13H20ClN3O/c1-2-12-16-11(14)8-13(17-12)15-9-6-4-3-5-7-10(9)18/h8-10,18H,2-7H2,1H3,(H,15,16,17). The number of aliphatic hydroxyl groups excluding tert-OH is 1. The summed E-state index contributed by atoms with van der Waals surface area (Å²) in [6.07, 6.45) is 5.73. The van der Waals surface area contributed by atoms with Crippen molar-refractivity contribution in [3.8, 4) is 0 Å². The van der Waals surface area contributed by atoms with Crippen molar-refractivity contribution in [1.29, 1.82) is 0 Å². The van der Waals surface area contributed by atoms with Crippen LogP contribution in [-0.2, 0) is 6.42 Å². The van der Waals surface area contributed by atoms with Gasteiger partial charge in [0, 0.05) is 12.5 Å². The molecule has 4 nitrogen and oxygen atoms in total. The smallest absolute Gasteiger partial charge is 0.134 e. The van der Waals surface area contributed by atoms with E-state index in [0.717, 1.165) is 43.7 Å². The van der Waals surface area contributed by atoms with Gasteiger partial charge in [0.25, 0.3) is 0 Å². The number of aryl methyl sites for hydroxylation is 1. The SMILES string of the molecule is CCc1nc(Cl)cc(NC2CCCCCC2O)n1. The topological polar surface area (TPSA) is 58.0 Å². The molecule has 0 aliphatic heterocycles. The van der Waals surface area contributed by atoms with Crippen LogP contribution in [0, 0.1) is 0 Å². The van der Waals surface area contributed by atoms with E-state index in [4.69, 9.17) is 11.6 Å². The normalized spacial score (nSPS) is 24.6. The van der Waals surface area contributed by atoms with Crippen LogP contribution in [0.2, 0.25) is 5.15 Å². The van der Waals surface area contributed by atoms with E-state index in [9.17, 15) is 5.11 Å². The van der Waals surface area contributed by atoms with Crippen molar-refractivity contribution in [2.24, 2.45) is 0 Å². The largest absolute Gasteiger partial charge is 0.391 e. The van der Waals surface area contributed by atoms with Crippen molar-refractivity contribution in [2.75, 3.05) is 5.32 Å². The van der Waals surface area contributed by atoms with Gasteiger partial charge in [-0.3, -0.25) is 0 Å². The highest BCUT2D eigenvalue weighted by Gasteiger charge is 2.21. The third-order valence-corrected chi connectivity index (χ3v) is 3.56. The lowest BCUT2D eigenvalue weighted by molar-refractivity contribution is 0.144. The molecule has 1 fully saturated rings. The van der Waals surface area contributed by atoms with Gasteiger partial charge in [0.05, 0.1) is 12.1 Å². The number of nitrogens with one attached hydrogen (secondary N) is 1. The first kappa shape index (κ1) is 13.6. The lowest BCUT2D eigenvalue weighted by Crippen LogP contribution is -2.32. The fourth-order valence-electron chi connectivity index (χ4n) is 2.34. The quantitative estimate of drug-likeness (QED) is 0.654. The summed E-state index contributed by atoms with van der Waals surface area (Å²) in [6.45, 7) is 2.00. The van der Waals surface area contributed by atoms with E-state index in [2.05, 4.69) is 15.3 Å². The summed E-state index contributed by atoms with van der Waals surface area (Å²) in [7, 11) is 0. The number of anilines is 1. The van der Waals surface area contributed by atoms with Crippen LogP contribution in [-0.4, -0.2) is 27.2 Å². The molecule has 18 heavy (non-hydrogen) atoms. The predicted molar refractivity (Wildman–Crippen MR) is 72.9 cm³/mol. The van der Waals surface area contributed by atoms with Gasteiger partial charge in [-0.05, 0) is 12.8 Å². The average Bonchev–Trinajstić information content (AvgIpc) is 2.54. The van der Waals surface area contributed by atoms with E-state index in [1.807, 2.05) is 6.92 Å². The first-order chi connectivity index (χ1) is 8.69. The number of hydrogen-bond donors (Lipinski definition) is 2. The zero-order valence-corrected chi connectivity index (χ0v) is 11.5. The van der Waals surface area contributed by atoms with Gasteiger partial charge in [-0.1, -0.05) is 37.8 Å². The number of hydrogen-bond acceptors (Lipinski definition) is 4. The third-order valence-electron chi connectivity index (χ3n) is 3.37. The van der Waals surface area contributed by atoms with E-state index in [-0.39, 0.29) is 12.1 Å². The maximum absolute atomic E-state index is 10.1. The maximum Gasteiger partial charge on any atom is 0.134 e. The molecular weight excluding hydrogens is 250 g/mol. The molecule has 0 radical (unpaired) electrons. The Morgan fingerprint density at radius 2 is 2.11 bits per heavy atom. The highest BCUT2D eigenvalue weighted by Crippen LogP contribution is 2.22. The second kappa shape index (κ2) is 6.34. The molecule has 2 rings (SSSR count). The second-order valence-corrected chi connectivity index (χ2v) is 5.19. The highest BCUT2D eigenvalue weighted by molar-refractivity contribution is 6.29. The Morgan fingerprint density at radius 3 is 2.89 bits per heavy atom. The van der Waals surface area contributed by atoms with Crippen molar-refractivity contribution in [1.82, 2.24) is 9.97 Å². The molecule has 2 N–H and O–H groups in total. The summed E-state index contributed by atoms with van der Waals surface area (Å²) in [6, 6.07) is 1.79. The minimum atomic E-state index is -0.300. The molecule has 100 valence electrons. The van der Waals surface area contributed by atoms with E-state index < -0.39 is 0 Å². The van der Waals surface area contributed by atoms with Crippen LogP contribution in [0.1, 0.15) is 44.9 Å². The van der Waals surface area contributed by atoms with E-state index in [0.29, 0.717) is 5.15 Å². The Balaban J connectivity index is 2.09. The van der Waals surface area contributed by atoms with Crippen LogP contribution in [0.25, 0.3) is 0 Å². The lowest BCUT2D eigenvalue weighted by Gasteiger charge is -2.22. The Bertz CT molecular complexity index is 400. The minimum Gasteiger partial charge on any atom is -0.391 e. The molecule has 1 aromatic heterocycles. The van der Waals surface area contributed by atoms with Crippen LogP contribution in [0.3, 0.4) is 0 Å². The van der Waals surface area contributed by atoms with Gasteiger partial charge in [0.15, 0.2) is 0 Å². The number of nitrogens with zero attached hydrogens (tertiary/aromatic N) is 2. The van der Waals surface area contributed by atoms with Crippen LogP contribution >= 0.6 is 11.6 Å². The molecule has 0 bridgehead atoms. The van der Waals surface area contributed by atoms with Crippen LogP contribution < -0.4 is 5.32 Å². The summed E-state index contributed by atoms with van der Waals surface area (Å²) < 4.78 is 0. The molecule has 5 heteroatoms. The van der Waals surface area contributed by atoms with E-state index >= 15 is 0 Å². The van der Waals surface area contributed by atoms with Gasteiger partial charge < -0.3 is 10.4 Å². The number of rotatable bonds is 3. The first-order valence-corrected chi connectivity index (χ1v) is 7.05. The Labute approximate surface area is 113 Å². The molecule has 1 saturated carbocycles. The maximum atomic E-state index is 10.1. The third kappa shape index (κ3) is 3.56. The first-order valence-electron chi connectivity index (χ1n) is 6.67. The number of halogens is 1. The van der Waals surface area contributed by atoms with Crippen molar-refractivity contribution in [2.45, 2.75) is 57.6 Å². The molecule has 0 spiro atoms. The van der Waals surface area contributed by atoms with Crippen LogP contribution in [0.5, 0.6) is 0 Å². The molecule has 2 unspecified atom stereocenters. The molecule has 0 saturated heterocycles. The van der Waals surface area contributed by atoms with E-state index in [1.54, 1.807) is 6.07 Å². The molecule has 0 amide bonds. The van der Waals surface area contributed by atoms with Gasteiger partial charge in [0.2, 0.25) is 0 Å². The second-order valence-electron chi connectivity index (χ2n) is 4.80. The molecule has 1 aliphatic rings. The average molecular weight is 270 g/mol. The van der Waals surface area contributed by atoms with Gasteiger partial charge in [-0.2, -0.15) is 0 Å². The van der Waals surface area contributed by atoms with Crippen LogP contribution in [0.4, 0.5) is 5.82 Å². The number of aliphatic hydroxyl groups is 1. The summed E-state index contributed by atoms with van der Waals surface area (Å²) >= 11 is 5.96. The van der Waals surface area contributed by atoms with E-state index in [1.165, 1.54) is 6.42 Å². The zero-order chi connectivity index (χ0) is 13.0. The van der Waals surface area contributed by atoms with Crippen molar-refractivity contribution >= 4 is 17.4 Å². The van der Waals surface area contributed by atoms with Gasteiger partial charge in [-0.25, -0.2) is 9.97 Å². The summed E-state index contributed by atoms with van der Waals surface area (Å²) in [4.78, 5) is 8.53. The van der Waals surface area contributed by atoms with Crippen molar-refractivity contribution < 1.29 is 5.11 Å². The van der Waals surface area contributed by atoms with Crippen molar-refractivity contribution in [3.63, 3.8) is 0 Å². The van der Waals surface area contributed by atoms with Gasteiger partial charge in [-0.15, -0.1) is 0 Å². The predicted octanol–water partition coefficient (Wildman–Crippen LogP) is 2.80. The fraction of sp³-hybridized carbons (Fsp3) is 0.692. The molecule has 1 aliphatic carbocycles. The molecule has 1 heterocycles. The summed E-state index contributed by atoms with van der Waals surface area (Å²) in [5.41, 5.74) is 0. The van der Waals surface area contributed by atoms with Gasteiger partial charge in [0.1, 0.15) is 16.8 Å².